The maximum Gasteiger partial charge on any atom is 0.328 e. The summed E-state index contributed by atoms with van der Waals surface area (Å²) in [6.07, 6.45) is 2.65. The number of carboxylic acid groups (broad SMARTS) is 1. The second kappa shape index (κ2) is 6.42. The minimum atomic E-state index is -0.948. The highest BCUT2D eigenvalue weighted by Crippen LogP contribution is 2.34. The van der Waals surface area contributed by atoms with Crippen molar-refractivity contribution in [2.45, 2.75) is 0 Å². The number of anilines is 1. The van der Waals surface area contributed by atoms with E-state index < -0.39 is 5.97 Å². The molecule has 0 heterocycles. The second-order valence-corrected chi connectivity index (χ2v) is 5.49. The Kier molecular flexibility index (Phi) is 5.51. The van der Waals surface area contributed by atoms with E-state index >= 15 is 0 Å². The van der Waals surface area contributed by atoms with Gasteiger partial charge in [0.1, 0.15) is 0 Å². The van der Waals surface area contributed by atoms with Gasteiger partial charge in [0, 0.05) is 26.0 Å². The maximum absolute atomic E-state index is 10.2. The lowest BCUT2D eigenvalue weighted by atomic mass is 10.3. The van der Waals surface area contributed by atoms with E-state index in [0.717, 1.165) is 25.2 Å². The van der Waals surface area contributed by atoms with Crippen molar-refractivity contribution in [3.63, 3.8) is 0 Å². The molecule has 0 atom stereocenters. The summed E-state index contributed by atoms with van der Waals surface area (Å²) in [7, 11) is 0. The number of rotatable bonds is 4. The lowest BCUT2D eigenvalue weighted by molar-refractivity contribution is -0.131. The van der Waals surface area contributed by atoms with Crippen LogP contribution in [0.2, 0.25) is 0 Å². The Hall–Kier alpha value is -0.330. The zero-order chi connectivity index (χ0) is 12.1. The Morgan fingerprint density at radius 1 is 1.31 bits per heavy atom. The first-order valence-corrected chi connectivity index (χ1v) is 6.66. The van der Waals surface area contributed by atoms with Gasteiger partial charge in [0.25, 0.3) is 0 Å². The summed E-state index contributed by atoms with van der Waals surface area (Å²) in [6.45, 7) is 0.450. The topological polar surface area (TPSA) is 49.3 Å². The summed E-state index contributed by atoms with van der Waals surface area (Å²) >= 11 is 10.2. The molecule has 0 aliphatic heterocycles. The molecule has 6 heteroatoms. The Bertz CT molecular complexity index is 409. The molecule has 0 aromatic heterocycles. The normalized spacial score (nSPS) is 10.7. The van der Waals surface area contributed by atoms with Crippen LogP contribution in [0, 0.1) is 0 Å². The van der Waals surface area contributed by atoms with Crippen molar-refractivity contribution in [3.05, 3.63) is 37.7 Å². The third-order valence-corrected chi connectivity index (χ3v) is 3.37. The number of hydrogen-bond acceptors (Lipinski definition) is 2. The van der Waals surface area contributed by atoms with E-state index in [4.69, 9.17) is 5.11 Å². The van der Waals surface area contributed by atoms with Crippen molar-refractivity contribution in [3.8, 4) is 0 Å². The molecule has 0 spiro atoms. The first-order valence-electron chi connectivity index (χ1n) is 4.28. The fraction of sp³-hybridized carbons (Fsp3) is 0.100. The molecular weight excluding hydrogens is 406 g/mol. The molecule has 0 bridgehead atoms. The zero-order valence-corrected chi connectivity index (χ0v) is 12.8. The minimum absolute atomic E-state index is 0.450. The van der Waals surface area contributed by atoms with Crippen LogP contribution in [0.25, 0.3) is 0 Å². The number of hydrogen-bond donors (Lipinski definition) is 2. The van der Waals surface area contributed by atoms with Crippen molar-refractivity contribution in [2.75, 3.05) is 11.9 Å². The molecule has 3 nitrogen and oxygen atoms in total. The Labute approximate surface area is 118 Å². The standard InChI is InChI=1S/C10H8Br3NO2/c11-6-4-7(12)10(8(13)5-6)14-3-1-2-9(15)16/h1-2,4-5,14H,3H2,(H,15,16)/b2-1+. The number of aliphatic carboxylic acids is 1. The van der Waals surface area contributed by atoms with Gasteiger partial charge in [-0.25, -0.2) is 4.79 Å². The van der Waals surface area contributed by atoms with Gasteiger partial charge in [-0.3, -0.25) is 0 Å². The Morgan fingerprint density at radius 3 is 2.38 bits per heavy atom. The molecule has 2 N–H and O–H groups in total. The molecule has 1 aromatic rings. The predicted octanol–water partition coefficient (Wildman–Crippen LogP) is 4.03. The lowest BCUT2D eigenvalue weighted by Crippen LogP contribution is -2.01. The van der Waals surface area contributed by atoms with Crippen LogP contribution >= 0.6 is 47.8 Å². The molecule has 86 valence electrons. The van der Waals surface area contributed by atoms with Gasteiger partial charge in [-0.15, -0.1) is 0 Å². The van der Waals surface area contributed by atoms with Crippen LogP contribution in [-0.2, 0) is 4.79 Å². The van der Waals surface area contributed by atoms with Crippen molar-refractivity contribution in [1.82, 2.24) is 0 Å². The number of halogens is 3. The number of carbonyl (C=O) groups is 1. The van der Waals surface area contributed by atoms with Crippen LogP contribution in [0.3, 0.4) is 0 Å². The van der Waals surface area contributed by atoms with E-state index in [-0.39, 0.29) is 0 Å². The molecule has 0 radical (unpaired) electrons. The smallest absolute Gasteiger partial charge is 0.328 e. The van der Waals surface area contributed by atoms with Gasteiger partial charge in [-0.05, 0) is 44.0 Å². The molecular formula is C10H8Br3NO2. The van der Waals surface area contributed by atoms with Crippen molar-refractivity contribution in [2.24, 2.45) is 0 Å². The molecule has 0 aliphatic rings. The van der Waals surface area contributed by atoms with Crippen LogP contribution < -0.4 is 5.32 Å². The van der Waals surface area contributed by atoms with E-state index in [1.165, 1.54) is 0 Å². The first-order chi connectivity index (χ1) is 7.50. The second-order valence-electron chi connectivity index (χ2n) is 2.87. The first kappa shape index (κ1) is 13.7. The van der Waals surface area contributed by atoms with E-state index in [9.17, 15) is 4.79 Å². The van der Waals surface area contributed by atoms with Gasteiger partial charge in [0.2, 0.25) is 0 Å². The van der Waals surface area contributed by atoms with Gasteiger partial charge in [-0.1, -0.05) is 22.0 Å². The van der Waals surface area contributed by atoms with Gasteiger partial charge >= 0.3 is 5.97 Å². The SMILES string of the molecule is O=C(O)/C=C/CNc1c(Br)cc(Br)cc1Br. The van der Waals surface area contributed by atoms with Gasteiger partial charge in [0.15, 0.2) is 0 Å². The molecule has 0 unspecified atom stereocenters. The Balaban J connectivity index is 2.71. The highest BCUT2D eigenvalue weighted by atomic mass is 79.9. The monoisotopic (exact) mass is 411 g/mol. The average molecular weight is 414 g/mol. The van der Waals surface area contributed by atoms with Crippen molar-refractivity contribution in [1.29, 1.82) is 0 Å². The zero-order valence-electron chi connectivity index (χ0n) is 8.01. The van der Waals surface area contributed by atoms with E-state index in [0.29, 0.717) is 6.54 Å². The third kappa shape index (κ3) is 4.27. The summed E-state index contributed by atoms with van der Waals surface area (Å²) in [5.74, 6) is -0.948. The number of carboxylic acids is 1. The molecule has 1 aromatic carbocycles. The summed E-state index contributed by atoms with van der Waals surface area (Å²) in [5, 5.41) is 11.5. The molecule has 0 fully saturated rings. The summed E-state index contributed by atoms with van der Waals surface area (Å²) in [4.78, 5) is 10.2. The van der Waals surface area contributed by atoms with Crippen LogP contribution in [0.5, 0.6) is 0 Å². The molecule has 16 heavy (non-hydrogen) atoms. The maximum atomic E-state index is 10.2. The number of benzene rings is 1. The molecule has 0 saturated heterocycles. The van der Waals surface area contributed by atoms with Crippen LogP contribution in [0.15, 0.2) is 37.7 Å². The summed E-state index contributed by atoms with van der Waals surface area (Å²) in [5.41, 5.74) is 0.887. The quantitative estimate of drug-likeness (QED) is 0.733. The third-order valence-electron chi connectivity index (χ3n) is 1.66. The summed E-state index contributed by atoms with van der Waals surface area (Å²) < 4.78 is 2.76. The molecule has 0 aliphatic carbocycles. The van der Waals surface area contributed by atoms with Crippen molar-refractivity contribution < 1.29 is 9.90 Å². The van der Waals surface area contributed by atoms with E-state index in [1.54, 1.807) is 6.08 Å². The summed E-state index contributed by atoms with van der Waals surface area (Å²) in [6, 6.07) is 3.82. The van der Waals surface area contributed by atoms with Gasteiger partial charge in [-0.2, -0.15) is 0 Å². The van der Waals surface area contributed by atoms with Gasteiger partial charge < -0.3 is 10.4 Å². The fourth-order valence-electron chi connectivity index (χ4n) is 1.03. The largest absolute Gasteiger partial charge is 0.478 e. The highest BCUT2D eigenvalue weighted by Gasteiger charge is 2.05. The fourth-order valence-corrected chi connectivity index (χ4v) is 3.57. The van der Waals surface area contributed by atoms with Crippen LogP contribution in [-0.4, -0.2) is 17.6 Å². The minimum Gasteiger partial charge on any atom is -0.478 e. The van der Waals surface area contributed by atoms with Crippen molar-refractivity contribution >= 4 is 59.4 Å². The molecule has 0 amide bonds. The van der Waals surface area contributed by atoms with E-state index in [2.05, 4.69) is 53.1 Å². The lowest BCUT2D eigenvalue weighted by Gasteiger charge is -2.09. The average Bonchev–Trinajstić information content (AvgIpc) is 2.14. The van der Waals surface area contributed by atoms with Gasteiger partial charge in [0.05, 0.1) is 5.69 Å². The van der Waals surface area contributed by atoms with Crippen LogP contribution in [0.4, 0.5) is 5.69 Å². The molecule has 1 rings (SSSR count). The molecule has 0 saturated carbocycles. The van der Waals surface area contributed by atoms with E-state index in [1.807, 2.05) is 12.1 Å². The predicted molar refractivity (Wildman–Crippen MR) is 74.8 cm³/mol. The highest BCUT2D eigenvalue weighted by molar-refractivity contribution is 9.11. The Morgan fingerprint density at radius 2 is 1.88 bits per heavy atom. The number of nitrogens with one attached hydrogen (secondary N) is 1. The van der Waals surface area contributed by atoms with Crippen LogP contribution in [0.1, 0.15) is 0 Å².